The zero-order valence-electron chi connectivity index (χ0n) is 16.2. The van der Waals surface area contributed by atoms with Gasteiger partial charge in [-0.15, -0.1) is 11.8 Å². The number of para-hydroxylation sites is 2. The van der Waals surface area contributed by atoms with Crippen molar-refractivity contribution in [2.24, 2.45) is 0 Å². The number of amides is 1. The van der Waals surface area contributed by atoms with E-state index >= 15 is 0 Å². The lowest BCUT2D eigenvalue weighted by molar-refractivity contribution is -0.111. The molecule has 4 aromatic rings. The summed E-state index contributed by atoms with van der Waals surface area (Å²) >= 11 is 1.55. The molecule has 6 heteroatoms. The molecule has 3 aromatic carbocycles. The van der Waals surface area contributed by atoms with Gasteiger partial charge in [0.25, 0.3) is 5.91 Å². The Bertz CT molecular complexity index is 1330. The quantitative estimate of drug-likeness (QED) is 0.358. The van der Waals surface area contributed by atoms with E-state index in [1.54, 1.807) is 60.3 Å². The topological polar surface area (TPSA) is 72.2 Å². The number of anilines is 1. The van der Waals surface area contributed by atoms with Gasteiger partial charge in [0.1, 0.15) is 0 Å². The number of rotatable bonds is 5. The average molecular weight is 414 g/mol. The highest BCUT2D eigenvalue weighted by molar-refractivity contribution is 7.98. The van der Waals surface area contributed by atoms with Crippen LogP contribution in [-0.4, -0.2) is 17.1 Å². The fraction of sp³-hybridized carbons (Fsp3) is 0.0417. The Morgan fingerprint density at radius 3 is 2.53 bits per heavy atom. The van der Waals surface area contributed by atoms with Crippen molar-refractivity contribution in [3.05, 3.63) is 95.4 Å². The third-order valence-electron chi connectivity index (χ3n) is 4.65. The molecule has 4 rings (SSSR count). The van der Waals surface area contributed by atoms with E-state index in [1.165, 1.54) is 0 Å². The van der Waals surface area contributed by atoms with Gasteiger partial charge >= 0.3 is 5.63 Å². The van der Waals surface area contributed by atoms with E-state index < -0.39 is 5.63 Å². The maximum atomic E-state index is 12.9. The number of nitrogens with one attached hydrogen (secondary N) is 1. The Labute approximate surface area is 177 Å². The van der Waals surface area contributed by atoms with Gasteiger partial charge in [0.15, 0.2) is 0 Å². The summed E-state index contributed by atoms with van der Waals surface area (Å²) in [6.07, 6.45) is 1.95. The van der Waals surface area contributed by atoms with Crippen LogP contribution in [0.3, 0.4) is 0 Å². The second kappa shape index (κ2) is 8.39. The molecular formula is C24H18N2O3S. The van der Waals surface area contributed by atoms with Crippen LogP contribution in [0.1, 0.15) is 5.56 Å². The van der Waals surface area contributed by atoms with Crippen LogP contribution in [0.2, 0.25) is 0 Å². The summed E-state index contributed by atoms with van der Waals surface area (Å²) in [5.74, 6) is -0.197. The standard InChI is InChI=1S/C24H18N2O3S/c1-15(16-9-5-8-14-21(16)30-2)22(27)25-19-12-6-3-10-17(19)23-26-20-13-7-4-11-18(20)24(28)29-23/h3-14H,1H2,2H3,(H,25,27). The van der Waals surface area contributed by atoms with Crippen LogP contribution in [0, 0.1) is 0 Å². The molecule has 0 spiro atoms. The third kappa shape index (κ3) is 3.77. The van der Waals surface area contributed by atoms with E-state index in [1.807, 2.05) is 30.5 Å². The second-order valence-corrected chi connectivity index (χ2v) is 7.35. The predicted molar refractivity (Wildman–Crippen MR) is 122 cm³/mol. The monoisotopic (exact) mass is 414 g/mol. The lowest BCUT2D eigenvalue weighted by Gasteiger charge is -2.13. The van der Waals surface area contributed by atoms with Crippen LogP contribution < -0.4 is 10.9 Å². The molecule has 30 heavy (non-hydrogen) atoms. The largest absolute Gasteiger partial charge is 0.403 e. The molecule has 0 unspecified atom stereocenters. The van der Waals surface area contributed by atoms with Gasteiger partial charge in [0.05, 0.1) is 22.2 Å². The Morgan fingerprint density at radius 2 is 1.70 bits per heavy atom. The van der Waals surface area contributed by atoms with Gasteiger partial charge in [-0.1, -0.05) is 49.0 Å². The SMILES string of the molecule is C=C(C(=O)Nc1ccccc1-c1nc2ccccc2c(=O)o1)c1ccccc1SC. The molecule has 1 N–H and O–H groups in total. The fourth-order valence-electron chi connectivity index (χ4n) is 3.13. The zero-order chi connectivity index (χ0) is 21.1. The first-order chi connectivity index (χ1) is 14.6. The minimum Gasteiger partial charge on any atom is -0.403 e. The predicted octanol–water partition coefficient (Wildman–Crippen LogP) is 5.23. The molecule has 148 valence electrons. The number of benzene rings is 3. The van der Waals surface area contributed by atoms with Crippen LogP contribution in [0.4, 0.5) is 5.69 Å². The van der Waals surface area contributed by atoms with E-state index in [-0.39, 0.29) is 11.8 Å². The molecule has 0 fully saturated rings. The molecule has 0 bridgehead atoms. The first-order valence-electron chi connectivity index (χ1n) is 9.21. The molecule has 1 aromatic heterocycles. The first-order valence-corrected chi connectivity index (χ1v) is 10.4. The number of aromatic nitrogens is 1. The van der Waals surface area contributed by atoms with E-state index in [2.05, 4.69) is 16.9 Å². The molecule has 0 aliphatic carbocycles. The van der Waals surface area contributed by atoms with Gasteiger partial charge < -0.3 is 9.73 Å². The molecule has 5 nitrogen and oxygen atoms in total. The van der Waals surface area contributed by atoms with E-state index in [4.69, 9.17) is 4.42 Å². The summed E-state index contributed by atoms with van der Waals surface area (Å²) in [6, 6.07) is 21.6. The van der Waals surface area contributed by atoms with E-state index in [0.29, 0.717) is 27.7 Å². The molecule has 0 radical (unpaired) electrons. The summed E-state index contributed by atoms with van der Waals surface area (Å²) in [7, 11) is 0. The molecule has 0 saturated carbocycles. The molecule has 0 aliphatic rings. The first kappa shape index (κ1) is 19.7. The maximum absolute atomic E-state index is 12.9. The van der Waals surface area contributed by atoms with Crippen molar-refractivity contribution in [2.45, 2.75) is 4.90 Å². The van der Waals surface area contributed by atoms with Crippen LogP contribution in [0.25, 0.3) is 27.9 Å². The van der Waals surface area contributed by atoms with Crippen molar-refractivity contribution >= 4 is 39.8 Å². The van der Waals surface area contributed by atoms with Crippen molar-refractivity contribution < 1.29 is 9.21 Å². The van der Waals surface area contributed by atoms with Gasteiger partial charge in [-0.2, -0.15) is 0 Å². The molecule has 0 saturated heterocycles. The number of thioether (sulfide) groups is 1. The lowest BCUT2D eigenvalue weighted by atomic mass is 10.1. The van der Waals surface area contributed by atoms with Crippen LogP contribution in [0.5, 0.6) is 0 Å². The third-order valence-corrected chi connectivity index (χ3v) is 5.44. The van der Waals surface area contributed by atoms with Gasteiger partial charge in [-0.05, 0) is 36.6 Å². The highest BCUT2D eigenvalue weighted by Gasteiger charge is 2.17. The molecule has 0 aliphatic heterocycles. The summed E-state index contributed by atoms with van der Waals surface area (Å²) < 4.78 is 5.44. The molecular weight excluding hydrogens is 396 g/mol. The number of hydrogen-bond acceptors (Lipinski definition) is 5. The molecule has 1 amide bonds. The van der Waals surface area contributed by atoms with E-state index in [0.717, 1.165) is 10.5 Å². The smallest absolute Gasteiger partial charge is 0.347 e. The number of carbonyl (C=O) groups is 1. The second-order valence-electron chi connectivity index (χ2n) is 6.50. The Kier molecular flexibility index (Phi) is 5.50. The number of carbonyl (C=O) groups excluding carboxylic acids is 1. The summed E-state index contributed by atoms with van der Waals surface area (Å²) in [6.45, 7) is 3.97. The number of nitrogens with zero attached hydrogens (tertiary/aromatic N) is 1. The Balaban J connectivity index is 1.70. The van der Waals surface area contributed by atoms with Crippen LogP contribution in [0.15, 0.2) is 93.5 Å². The van der Waals surface area contributed by atoms with Gasteiger partial charge in [0.2, 0.25) is 5.89 Å². The zero-order valence-corrected chi connectivity index (χ0v) is 17.0. The number of fused-ring (bicyclic) bond motifs is 1. The minimum atomic E-state index is -0.477. The van der Waals surface area contributed by atoms with Crippen molar-refractivity contribution in [3.8, 4) is 11.5 Å². The maximum Gasteiger partial charge on any atom is 0.347 e. The minimum absolute atomic E-state index is 0.143. The van der Waals surface area contributed by atoms with Crippen molar-refractivity contribution in [2.75, 3.05) is 11.6 Å². The summed E-state index contributed by atoms with van der Waals surface area (Å²) in [4.78, 5) is 30.7. The fourth-order valence-corrected chi connectivity index (χ4v) is 3.75. The van der Waals surface area contributed by atoms with Gasteiger partial charge in [-0.3, -0.25) is 4.79 Å². The van der Waals surface area contributed by atoms with Crippen molar-refractivity contribution in [1.82, 2.24) is 4.98 Å². The van der Waals surface area contributed by atoms with Gasteiger partial charge in [-0.25, -0.2) is 9.78 Å². The molecule has 1 heterocycles. The normalized spacial score (nSPS) is 10.7. The summed E-state index contributed by atoms with van der Waals surface area (Å²) in [5, 5.41) is 3.28. The van der Waals surface area contributed by atoms with E-state index in [9.17, 15) is 9.59 Å². The van der Waals surface area contributed by atoms with Crippen molar-refractivity contribution in [1.29, 1.82) is 0 Å². The van der Waals surface area contributed by atoms with Crippen molar-refractivity contribution in [3.63, 3.8) is 0 Å². The highest BCUT2D eigenvalue weighted by Crippen LogP contribution is 2.30. The highest BCUT2D eigenvalue weighted by atomic mass is 32.2. The molecule has 0 atom stereocenters. The Morgan fingerprint density at radius 1 is 1.00 bits per heavy atom. The van der Waals surface area contributed by atoms with Crippen LogP contribution in [-0.2, 0) is 4.79 Å². The lowest BCUT2D eigenvalue weighted by Crippen LogP contribution is -2.14. The van der Waals surface area contributed by atoms with Gasteiger partial charge in [0, 0.05) is 16.0 Å². The number of hydrogen-bond donors (Lipinski definition) is 1. The Hall–Kier alpha value is -3.64. The van der Waals surface area contributed by atoms with Crippen LogP contribution >= 0.6 is 11.8 Å². The average Bonchev–Trinajstić information content (AvgIpc) is 2.79. The summed E-state index contributed by atoms with van der Waals surface area (Å²) in [5.41, 5.74) is 2.17.